The zero-order valence-electron chi connectivity index (χ0n) is 14.3. The van der Waals surface area contributed by atoms with Crippen molar-refractivity contribution in [3.05, 3.63) is 58.6 Å². The second-order valence-corrected chi connectivity index (χ2v) is 6.20. The van der Waals surface area contributed by atoms with Crippen molar-refractivity contribution in [1.29, 1.82) is 0 Å². The zero-order valence-corrected chi connectivity index (χ0v) is 15.1. The smallest absolute Gasteiger partial charge is 0.265 e. The summed E-state index contributed by atoms with van der Waals surface area (Å²) in [5, 5.41) is 7.07. The molecule has 0 radical (unpaired) electrons. The van der Waals surface area contributed by atoms with Crippen LogP contribution in [0.2, 0.25) is 0 Å². The summed E-state index contributed by atoms with van der Waals surface area (Å²) in [6.45, 7) is 1.95. The Balaban J connectivity index is 2.01. The van der Waals surface area contributed by atoms with Gasteiger partial charge in [-0.05, 0) is 24.0 Å². The molecule has 0 aliphatic heterocycles. The van der Waals surface area contributed by atoms with Gasteiger partial charge in [-0.2, -0.15) is 0 Å². The molecule has 1 aromatic carbocycles. The number of methoxy groups -OCH3 is 1. The number of nitrogens with one attached hydrogen (secondary N) is 1. The quantitative estimate of drug-likeness (QED) is 0.732. The van der Waals surface area contributed by atoms with E-state index in [1.807, 2.05) is 49.0 Å². The Morgan fingerprint density at radius 1 is 1.40 bits per heavy atom. The lowest BCUT2D eigenvalue weighted by Crippen LogP contribution is -2.31. The van der Waals surface area contributed by atoms with Gasteiger partial charge in [-0.15, -0.1) is 5.10 Å². The van der Waals surface area contributed by atoms with E-state index < -0.39 is 6.04 Å². The number of carbonyl (C=O) groups is 1. The Hall–Kier alpha value is -2.74. The van der Waals surface area contributed by atoms with Crippen molar-refractivity contribution in [3.8, 4) is 5.75 Å². The number of hydrogen-bond acceptors (Lipinski definition) is 6. The summed E-state index contributed by atoms with van der Waals surface area (Å²) in [5.74, 6) is 1.19. The van der Waals surface area contributed by atoms with Crippen LogP contribution in [0.25, 0.3) is 0 Å². The SMILES string of the molecule is CCc1nnsc1C(=O)NC(c1ccccc1OC)c1nccn1C. The molecule has 25 heavy (non-hydrogen) atoms. The molecule has 0 aliphatic carbocycles. The van der Waals surface area contributed by atoms with E-state index >= 15 is 0 Å². The van der Waals surface area contributed by atoms with Gasteiger partial charge in [-0.1, -0.05) is 29.6 Å². The van der Waals surface area contributed by atoms with Crippen molar-refractivity contribution < 1.29 is 9.53 Å². The molecule has 2 heterocycles. The van der Waals surface area contributed by atoms with Crippen molar-refractivity contribution in [2.24, 2.45) is 7.05 Å². The number of hydrogen-bond donors (Lipinski definition) is 1. The standard InChI is InChI=1S/C17H19N5O2S/c1-4-12-15(25-21-20-12)17(23)19-14(16-18-9-10-22(16)2)11-7-5-6-8-13(11)24-3/h5-10,14H,4H2,1-3H3,(H,19,23). The van der Waals surface area contributed by atoms with Crippen molar-refractivity contribution in [2.75, 3.05) is 7.11 Å². The Morgan fingerprint density at radius 2 is 2.20 bits per heavy atom. The van der Waals surface area contributed by atoms with Gasteiger partial charge in [-0.25, -0.2) is 4.98 Å². The molecular formula is C17H19N5O2S. The average molecular weight is 357 g/mol. The molecule has 0 spiro atoms. The van der Waals surface area contributed by atoms with Gasteiger partial charge in [0.2, 0.25) is 0 Å². The average Bonchev–Trinajstić information content (AvgIpc) is 3.28. The fourth-order valence-electron chi connectivity index (χ4n) is 2.65. The molecule has 0 saturated heterocycles. The summed E-state index contributed by atoms with van der Waals surface area (Å²) in [6, 6.07) is 7.14. The lowest BCUT2D eigenvalue weighted by atomic mass is 10.0. The first kappa shape index (κ1) is 17.1. The molecule has 0 saturated carbocycles. The number of ether oxygens (including phenoxy) is 1. The van der Waals surface area contributed by atoms with Crippen LogP contribution in [-0.2, 0) is 13.5 Å². The second kappa shape index (κ2) is 7.43. The van der Waals surface area contributed by atoms with Crippen LogP contribution in [0, 0.1) is 0 Å². The van der Waals surface area contributed by atoms with Crippen molar-refractivity contribution >= 4 is 17.4 Å². The second-order valence-electron chi connectivity index (χ2n) is 5.45. The Kier molecular flexibility index (Phi) is 5.08. The number of nitrogens with zero attached hydrogens (tertiary/aromatic N) is 4. The summed E-state index contributed by atoms with van der Waals surface area (Å²) >= 11 is 1.10. The summed E-state index contributed by atoms with van der Waals surface area (Å²) in [7, 11) is 3.50. The molecule has 1 unspecified atom stereocenters. The lowest BCUT2D eigenvalue weighted by molar-refractivity contribution is 0.0944. The minimum atomic E-state index is -0.449. The molecule has 0 bridgehead atoms. The third-order valence-corrected chi connectivity index (χ3v) is 4.71. The van der Waals surface area contributed by atoms with Crippen LogP contribution in [-0.4, -0.2) is 32.2 Å². The molecule has 0 fully saturated rings. The van der Waals surface area contributed by atoms with E-state index in [-0.39, 0.29) is 5.91 Å². The van der Waals surface area contributed by atoms with Crippen molar-refractivity contribution in [3.63, 3.8) is 0 Å². The zero-order chi connectivity index (χ0) is 17.8. The minimum absolute atomic E-state index is 0.217. The summed E-state index contributed by atoms with van der Waals surface area (Å²) in [6.07, 6.45) is 4.20. The van der Waals surface area contributed by atoms with E-state index in [2.05, 4.69) is 19.9 Å². The monoisotopic (exact) mass is 357 g/mol. The van der Waals surface area contributed by atoms with E-state index in [0.717, 1.165) is 17.1 Å². The topological polar surface area (TPSA) is 81.9 Å². The Labute approximate surface area is 149 Å². The van der Waals surface area contributed by atoms with Crippen LogP contribution in [0.1, 0.15) is 39.7 Å². The number of para-hydroxylation sites is 1. The van der Waals surface area contributed by atoms with Crippen molar-refractivity contribution in [1.82, 2.24) is 24.5 Å². The van der Waals surface area contributed by atoms with Gasteiger partial charge < -0.3 is 14.6 Å². The van der Waals surface area contributed by atoms with Gasteiger partial charge in [0, 0.05) is 25.0 Å². The molecule has 130 valence electrons. The van der Waals surface area contributed by atoms with Crippen LogP contribution in [0.4, 0.5) is 0 Å². The predicted molar refractivity (Wildman–Crippen MR) is 94.8 cm³/mol. The number of benzene rings is 1. The highest BCUT2D eigenvalue weighted by Gasteiger charge is 2.26. The fraction of sp³-hybridized carbons (Fsp3) is 0.294. The highest BCUT2D eigenvalue weighted by atomic mass is 32.1. The molecule has 7 nitrogen and oxygen atoms in total. The number of rotatable bonds is 6. The third-order valence-electron chi connectivity index (χ3n) is 3.94. The molecule has 8 heteroatoms. The Morgan fingerprint density at radius 3 is 2.88 bits per heavy atom. The number of carbonyl (C=O) groups excluding carboxylic acids is 1. The van der Waals surface area contributed by atoms with Gasteiger partial charge in [0.25, 0.3) is 5.91 Å². The maximum absolute atomic E-state index is 12.8. The fourth-order valence-corrected chi connectivity index (χ4v) is 3.30. The number of aromatic nitrogens is 4. The Bertz CT molecular complexity index is 873. The predicted octanol–water partition coefficient (Wildman–Crippen LogP) is 2.36. The first-order valence-electron chi connectivity index (χ1n) is 7.87. The molecule has 1 N–H and O–H groups in total. The molecule has 3 rings (SSSR count). The van der Waals surface area contributed by atoms with Crippen LogP contribution in [0.15, 0.2) is 36.7 Å². The van der Waals surface area contributed by atoms with E-state index in [1.54, 1.807) is 13.3 Å². The molecular weight excluding hydrogens is 338 g/mol. The van der Waals surface area contributed by atoms with E-state index in [0.29, 0.717) is 28.6 Å². The summed E-state index contributed by atoms with van der Waals surface area (Å²) < 4.78 is 11.2. The van der Waals surface area contributed by atoms with Gasteiger partial charge >= 0.3 is 0 Å². The third kappa shape index (κ3) is 3.39. The summed E-state index contributed by atoms with van der Waals surface area (Å²) in [5.41, 5.74) is 1.53. The molecule has 1 atom stereocenters. The van der Waals surface area contributed by atoms with Crippen LogP contribution in [0.3, 0.4) is 0 Å². The maximum Gasteiger partial charge on any atom is 0.265 e. The van der Waals surface area contributed by atoms with E-state index in [4.69, 9.17) is 4.74 Å². The van der Waals surface area contributed by atoms with E-state index in [1.165, 1.54) is 0 Å². The first-order valence-corrected chi connectivity index (χ1v) is 8.65. The summed E-state index contributed by atoms with van der Waals surface area (Å²) in [4.78, 5) is 17.8. The number of amides is 1. The van der Waals surface area contributed by atoms with Gasteiger partial charge in [0.05, 0.1) is 12.8 Å². The van der Waals surface area contributed by atoms with Gasteiger partial charge in [0.15, 0.2) is 0 Å². The normalized spacial score (nSPS) is 12.0. The molecule has 0 aliphatic rings. The maximum atomic E-state index is 12.8. The minimum Gasteiger partial charge on any atom is -0.496 e. The van der Waals surface area contributed by atoms with Gasteiger partial charge in [-0.3, -0.25) is 4.79 Å². The lowest BCUT2D eigenvalue weighted by Gasteiger charge is -2.21. The number of imidazole rings is 1. The largest absolute Gasteiger partial charge is 0.496 e. The molecule has 3 aromatic rings. The van der Waals surface area contributed by atoms with Crippen molar-refractivity contribution in [2.45, 2.75) is 19.4 Å². The van der Waals surface area contributed by atoms with Crippen LogP contribution in [0.5, 0.6) is 5.75 Å². The van der Waals surface area contributed by atoms with Crippen LogP contribution < -0.4 is 10.1 Å². The van der Waals surface area contributed by atoms with E-state index in [9.17, 15) is 4.79 Å². The van der Waals surface area contributed by atoms with Gasteiger partial charge in [0.1, 0.15) is 22.5 Å². The van der Waals surface area contributed by atoms with Crippen LogP contribution >= 0.6 is 11.5 Å². The molecule has 2 aromatic heterocycles. The highest BCUT2D eigenvalue weighted by Crippen LogP contribution is 2.29. The first-order chi connectivity index (χ1) is 12.2. The highest BCUT2D eigenvalue weighted by molar-refractivity contribution is 7.08. The number of aryl methyl sites for hydroxylation is 2. The molecule has 1 amide bonds.